The number of esters is 1. The Kier molecular flexibility index (Phi) is 3.41. The van der Waals surface area contributed by atoms with Crippen LogP contribution >= 0.6 is 0 Å². The van der Waals surface area contributed by atoms with Crippen LogP contribution in [0.1, 0.15) is 12.5 Å². The molecule has 0 spiro atoms. The molecule has 2 N–H and O–H groups in total. The number of anilines is 1. The predicted molar refractivity (Wildman–Crippen MR) is 51.3 cm³/mol. The second-order valence-corrected chi connectivity index (χ2v) is 3.00. The summed E-state index contributed by atoms with van der Waals surface area (Å²) in [4.78, 5) is 11.0. The predicted octanol–water partition coefficient (Wildman–Crippen LogP) is 2.06. The van der Waals surface area contributed by atoms with Crippen LogP contribution in [0.5, 0.6) is 0 Å². The standard InChI is InChI=1S/C10H10F3NO2/c1-2-16-9(15)10(12,13)6-4-3-5-7(11)8(6)14/h3-5H,2,14H2,1H3. The number of alkyl halides is 2. The number of para-hydroxylation sites is 1. The van der Waals surface area contributed by atoms with Crippen molar-refractivity contribution in [2.45, 2.75) is 12.8 Å². The van der Waals surface area contributed by atoms with Gasteiger partial charge in [-0.2, -0.15) is 8.78 Å². The smallest absolute Gasteiger partial charge is 0.382 e. The fraction of sp³-hybridized carbons (Fsp3) is 0.300. The fourth-order valence-corrected chi connectivity index (χ4v) is 1.14. The molecule has 6 heteroatoms. The van der Waals surface area contributed by atoms with E-state index in [1.807, 2.05) is 0 Å². The van der Waals surface area contributed by atoms with Crippen LogP contribution in [0, 0.1) is 5.82 Å². The van der Waals surface area contributed by atoms with E-state index in [0.29, 0.717) is 0 Å². The lowest BCUT2D eigenvalue weighted by molar-refractivity contribution is -0.173. The number of halogens is 3. The number of carbonyl (C=O) groups excluding carboxylic acids is 1. The third-order valence-corrected chi connectivity index (χ3v) is 1.92. The van der Waals surface area contributed by atoms with E-state index in [0.717, 1.165) is 18.2 Å². The van der Waals surface area contributed by atoms with Gasteiger partial charge in [0.05, 0.1) is 17.9 Å². The molecule has 0 radical (unpaired) electrons. The number of ether oxygens (including phenoxy) is 1. The van der Waals surface area contributed by atoms with Crippen LogP contribution in [0.15, 0.2) is 18.2 Å². The Morgan fingerprint density at radius 3 is 2.69 bits per heavy atom. The Bertz CT molecular complexity index is 407. The Morgan fingerprint density at radius 2 is 2.12 bits per heavy atom. The van der Waals surface area contributed by atoms with Gasteiger partial charge >= 0.3 is 11.9 Å². The molecule has 1 rings (SSSR count). The van der Waals surface area contributed by atoms with Crippen LogP contribution in [0.25, 0.3) is 0 Å². The van der Waals surface area contributed by atoms with Crippen LogP contribution in [0.3, 0.4) is 0 Å². The molecule has 0 saturated carbocycles. The quantitative estimate of drug-likeness (QED) is 0.642. The van der Waals surface area contributed by atoms with Crippen molar-refractivity contribution in [3.8, 4) is 0 Å². The largest absolute Gasteiger partial charge is 0.461 e. The van der Waals surface area contributed by atoms with Gasteiger partial charge in [-0.05, 0) is 13.0 Å². The molecule has 1 aromatic carbocycles. The van der Waals surface area contributed by atoms with E-state index >= 15 is 0 Å². The van der Waals surface area contributed by atoms with Crippen molar-refractivity contribution in [3.63, 3.8) is 0 Å². The highest BCUT2D eigenvalue weighted by Gasteiger charge is 2.44. The Balaban J connectivity index is 3.16. The summed E-state index contributed by atoms with van der Waals surface area (Å²) in [5.74, 6) is -6.68. The van der Waals surface area contributed by atoms with Crippen LogP contribution < -0.4 is 5.73 Å². The van der Waals surface area contributed by atoms with E-state index < -0.39 is 29.0 Å². The van der Waals surface area contributed by atoms with E-state index in [4.69, 9.17) is 5.73 Å². The van der Waals surface area contributed by atoms with Crippen molar-refractivity contribution in [1.29, 1.82) is 0 Å². The van der Waals surface area contributed by atoms with Gasteiger partial charge in [0.2, 0.25) is 0 Å². The van der Waals surface area contributed by atoms with Crippen molar-refractivity contribution in [2.75, 3.05) is 12.3 Å². The summed E-state index contributed by atoms with van der Waals surface area (Å²) in [6, 6.07) is 2.86. The van der Waals surface area contributed by atoms with E-state index in [1.54, 1.807) is 0 Å². The van der Waals surface area contributed by atoms with Crippen LogP contribution in [0.2, 0.25) is 0 Å². The molecule has 0 atom stereocenters. The zero-order chi connectivity index (χ0) is 12.3. The number of hydrogen-bond acceptors (Lipinski definition) is 3. The van der Waals surface area contributed by atoms with Crippen molar-refractivity contribution in [3.05, 3.63) is 29.6 Å². The highest BCUT2D eigenvalue weighted by molar-refractivity contribution is 5.81. The van der Waals surface area contributed by atoms with Crippen molar-refractivity contribution < 1.29 is 22.7 Å². The molecular weight excluding hydrogens is 223 g/mol. The van der Waals surface area contributed by atoms with Gasteiger partial charge in [0.1, 0.15) is 5.82 Å². The summed E-state index contributed by atoms with van der Waals surface area (Å²) in [7, 11) is 0. The number of rotatable bonds is 3. The Morgan fingerprint density at radius 1 is 1.50 bits per heavy atom. The lowest BCUT2D eigenvalue weighted by Crippen LogP contribution is -2.29. The summed E-state index contributed by atoms with van der Waals surface area (Å²) < 4.78 is 44.0. The molecule has 0 amide bonds. The van der Waals surface area contributed by atoms with Gasteiger partial charge in [-0.1, -0.05) is 12.1 Å². The first-order chi connectivity index (χ1) is 7.41. The molecular formula is C10H10F3NO2. The highest BCUT2D eigenvalue weighted by Crippen LogP contribution is 2.34. The minimum Gasteiger partial charge on any atom is -0.461 e. The number of benzene rings is 1. The van der Waals surface area contributed by atoms with Gasteiger partial charge < -0.3 is 10.5 Å². The minimum absolute atomic E-state index is 0.191. The van der Waals surface area contributed by atoms with E-state index in [9.17, 15) is 18.0 Å². The Hall–Kier alpha value is -1.72. The molecule has 0 fully saturated rings. The molecule has 0 aliphatic rings. The molecule has 0 unspecified atom stereocenters. The molecule has 0 aliphatic carbocycles. The Labute approximate surface area is 90.0 Å². The topological polar surface area (TPSA) is 52.3 Å². The highest BCUT2D eigenvalue weighted by atomic mass is 19.3. The minimum atomic E-state index is -3.94. The van der Waals surface area contributed by atoms with Gasteiger partial charge in [-0.3, -0.25) is 0 Å². The monoisotopic (exact) mass is 233 g/mol. The fourth-order valence-electron chi connectivity index (χ4n) is 1.14. The van der Waals surface area contributed by atoms with Crippen molar-refractivity contribution in [2.24, 2.45) is 0 Å². The van der Waals surface area contributed by atoms with E-state index in [-0.39, 0.29) is 6.61 Å². The van der Waals surface area contributed by atoms with Gasteiger partial charge in [0.15, 0.2) is 0 Å². The molecule has 3 nitrogen and oxygen atoms in total. The molecule has 0 heterocycles. The van der Waals surface area contributed by atoms with Crippen LogP contribution in [-0.2, 0) is 15.5 Å². The maximum absolute atomic E-state index is 13.5. The van der Waals surface area contributed by atoms with Crippen molar-refractivity contribution in [1.82, 2.24) is 0 Å². The zero-order valence-electron chi connectivity index (χ0n) is 8.47. The summed E-state index contributed by atoms with van der Waals surface area (Å²) in [6.07, 6.45) is 0. The lowest BCUT2D eigenvalue weighted by atomic mass is 10.1. The number of nitrogen functional groups attached to an aromatic ring is 1. The van der Waals surface area contributed by atoms with E-state index in [2.05, 4.69) is 4.74 Å². The second kappa shape index (κ2) is 4.42. The average Bonchev–Trinajstić information content (AvgIpc) is 2.22. The molecule has 88 valence electrons. The number of carbonyl (C=O) groups is 1. The van der Waals surface area contributed by atoms with Gasteiger partial charge in [0, 0.05) is 0 Å². The summed E-state index contributed by atoms with van der Waals surface area (Å²) >= 11 is 0. The number of hydrogen-bond donors (Lipinski definition) is 1. The molecule has 0 saturated heterocycles. The van der Waals surface area contributed by atoms with Crippen LogP contribution in [-0.4, -0.2) is 12.6 Å². The third kappa shape index (κ3) is 2.10. The third-order valence-electron chi connectivity index (χ3n) is 1.92. The SMILES string of the molecule is CCOC(=O)C(F)(F)c1cccc(F)c1N. The summed E-state index contributed by atoms with van der Waals surface area (Å²) in [5, 5.41) is 0. The molecule has 0 aliphatic heterocycles. The van der Waals surface area contributed by atoms with Gasteiger partial charge in [-0.15, -0.1) is 0 Å². The normalized spacial score (nSPS) is 11.2. The summed E-state index contributed by atoms with van der Waals surface area (Å²) in [5.41, 5.74) is 3.51. The first kappa shape index (κ1) is 12.4. The maximum atomic E-state index is 13.5. The average molecular weight is 233 g/mol. The molecule has 0 bridgehead atoms. The van der Waals surface area contributed by atoms with E-state index in [1.165, 1.54) is 6.92 Å². The molecule has 16 heavy (non-hydrogen) atoms. The molecule has 0 aromatic heterocycles. The van der Waals surface area contributed by atoms with Gasteiger partial charge in [-0.25, -0.2) is 9.18 Å². The van der Waals surface area contributed by atoms with Crippen LogP contribution in [0.4, 0.5) is 18.9 Å². The second-order valence-electron chi connectivity index (χ2n) is 3.00. The molecule has 1 aromatic rings. The zero-order valence-corrected chi connectivity index (χ0v) is 8.47. The summed E-state index contributed by atoms with van der Waals surface area (Å²) in [6.45, 7) is 1.20. The lowest BCUT2D eigenvalue weighted by Gasteiger charge is -2.16. The van der Waals surface area contributed by atoms with Gasteiger partial charge in [0.25, 0.3) is 0 Å². The first-order valence-electron chi connectivity index (χ1n) is 4.50. The van der Waals surface area contributed by atoms with Crippen molar-refractivity contribution >= 4 is 11.7 Å². The first-order valence-corrected chi connectivity index (χ1v) is 4.50. The maximum Gasteiger partial charge on any atom is 0.382 e. The number of nitrogens with two attached hydrogens (primary N) is 1.